The molecular weight excluding hydrogens is 585 g/mol. The van der Waals surface area contributed by atoms with Gasteiger partial charge in [0.15, 0.2) is 0 Å². The minimum absolute atomic E-state index is 0.0460. The number of carbonyl (C=O) groups excluding carboxylic acids is 1. The van der Waals surface area contributed by atoms with Crippen LogP contribution in [0.2, 0.25) is 0 Å². The maximum atomic E-state index is 13.6. The van der Waals surface area contributed by atoms with E-state index >= 15 is 0 Å². The molecule has 0 bridgehead atoms. The predicted octanol–water partition coefficient (Wildman–Crippen LogP) is 7.39. The molecule has 1 N–H and O–H groups in total. The van der Waals surface area contributed by atoms with Gasteiger partial charge in [0.25, 0.3) is 5.91 Å². The van der Waals surface area contributed by atoms with Gasteiger partial charge in [-0.05, 0) is 74.0 Å². The number of ether oxygens (including phenoxy) is 2. The maximum absolute atomic E-state index is 13.6. The number of pyridine rings is 1. The van der Waals surface area contributed by atoms with E-state index in [1.807, 2.05) is 0 Å². The Morgan fingerprint density at radius 3 is 1.93 bits per heavy atom. The van der Waals surface area contributed by atoms with Crippen LogP contribution in [0.25, 0.3) is 0 Å². The molecule has 3 aromatic rings. The van der Waals surface area contributed by atoms with Gasteiger partial charge >= 0.3 is 18.9 Å². The summed E-state index contributed by atoms with van der Waals surface area (Å²) in [6.07, 6.45) is -13.4. The molecule has 0 spiro atoms. The number of rotatable bonds is 7. The second kappa shape index (κ2) is 10.8. The molecule has 1 aliphatic rings. The Balaban J connectivity index is 1.72. The number of anilines is 1. The van der Waals surface area contributed by atoms with Crippen LogP contribution >= 0.6 is 0 Å². The van der Waals surface area contributed by atoms with E-state index in [0.717, 1.165) is 53.4 Å². The summed E-state index contributed by atoms with van der Waals surface area (Å²) in [5.41, 5.74) is -2.58. The highest BCUT2D eigenvalue weighted by Crippen LogP contribution is 2.39. The van der Waals surface area contributed by atoms with Crippen LogP contribution in [0, 0.1) is 0 Å². The standard InChI is InChI=1S/C27H20F9N3O3/c1-24(2,21-7-4-8-22(37-21)25(28,29)30)38-19-14-20(15-5-3-6-18(13-15)42-27(34,35)36)39(23(19)40)16-9-11-17(12-10-16)41-26(31,32)33/h3-14,20,38H,1-2H3/t20-/m1/s1. The van der Waals surface area contributed by atoms with Crippen LogP contribution in [-0.4, -0.2) is 23.6 Å². The number of nitrogens with zero attached hydrogens (tertiary/aromatic N) is 2. The molecule has 0 aliphatic carbocycles. The summed E-state index contributed by atoms with van der Waals surface area (Å²) in [6.45, 7) is 2.92. The number of hydrogen-bond acceptors (Lipinski definition) is 5. The van der Waals surface area contributed by atoms with Crippen molar-refractivity contribution in [1.29, 1.82) is 0 Å². The SMILES string of the molecule is CC(C)(NC1=C[C@H](c2cccc(OC(F)(F)F)c2)N(c2ccc(OC(F)(F)F)cc2)C1=O)c1cccc(C(F)(F)F)n1. The maximum Gasteiger partial charge on any atom is 0.573 e. The number of alkyl halides is 9. The van der Waals surface area contributed by atoms with E-state index < -0.39 is 53.6 Å². The van der Waals surface area contributed by atoms with Gasteiger partial charge in [-0.15, -0.1) is 26.3 Å². The average molecular weight is 605 g/mol. The molecule has 42 heavy (non-hydrogen) atoms. The number of hydrogen-bond donors (Lipinski definition) is 1. The molecule has 0 fully saturated rings. The molecule has 1 aromatic heterocycles. The lowest BCUT2D eigenvalue weighted by atomic mass is 9.98. The monoisotopic (exact) mass is 605 g/mol. The minimum atomic E-state index is -5.01. The summed E-state index contributed by atoms with van der Waals surface area (Å²) in [6, 6.07) is 11.0. The number of aromatic nitrogens is 1. The van der Waals surface area contributed by atoms with Gasteiger partial charge in [0.2, 0.25) is 0 Å². The molecule has 0 saturated heterocycles. The van der Waals surface area contributed by atoms with Crippen molar-refractivity contribution in [3.63, 3.8) is 0 Å². The Hall–Kier alpha value is -4.43. The van der Waals surface area contributed by atoms with E-state index in [1.165, 1.54) is 38.1 Å². The zero-order valence-electron chi connectivity index (χ0n) is 21.5. The number of amides is 1. The van der Waals surface area contributed by atoms with Gasteiger partial charge in [0, 0.05) is 5.69 Å². The van der Waals surface area contributed by atoms with Crippen LogP contribution in [0.1, 0.15) is 36.8 Å². The fourth-order valence-corrected chi connectivity index (χ4v) is 4.22. The van der Waals surface area contributed by atoms with E-state index in [4.69, 9.17) is 0 Å². The molecule has 6 nitrogen and oxygen atoms in total. The van der Waals surface area contributed by atoms with Crippen LogP contribution in [-0.2, 0) is 16.5 Å². The van der Waals surface area contributed by atoms with Gasteiger partial charge in [0.05, 0.1) is 23.0 Å². The van der Waals surface area contributed by atoms with Crippen LogP contribution in [0.5, 0.6) is 11.5 Å². The Bertz CT molecular complexity index is 1480. The molecule has 1 aliphatic heterocycles. The quantitative estimate of drug-likeness (QED) is 0.285. The Morgan fingerprint density at radius 2 is 1.33 bits per heavy atom. The highest BCUT2D eigenvalue weighted by Gasteiger charge is 2.40. The fourth-order valence-electron chi connectivity index (χ4n) is 4.22. The summed E-state index contributed by atoms with van der Waals surface area (Å²) < 4.78 is 124. The molecule has 0 unspecified atom stereocenters. The lowest BCUT2D eigenvalue weighted by molar-refractivity contribution is -0.275. The van der Waals surface area contributed by atoms with E-state index in [9.17, 15) is 44.3 Å². The van der Waals surface area contributed by atoms with E-state index in [0.29, 0.717) is 0 Å². The van der Waals surface area contributed by atoms with Crippen molar-refractivity contribution < 1.29 is 53.8 Å². The Kier molecular flexibility index (Phi) is 7.82. The first-order chi connectivity index (χ1) is 19.3. The van der Waals surface area contributed by atoms with Crippen molar-refractivity contribution in [3.8, 4) is 11.5 Å². The van der Waals surface area contributed by atoms with E-state index in [2.05, 4.69) is 19.8 Å². The number of benzene rings is 2. The van der Waals surface area contributed by atoms with Crippen molar-refractivity contribution in [3.05, 3.63) is 95.5 Å². The van der Waals surface area contributed by atoms with Crippen LogP contribution < -0.4 is 19.7 Å². The first kappa shape index (κ1) is 30.5. The summed E-state index contributed by atoms with van der Waals surface area (Å²) in [5.74, 6) is -1.95. The summed E-state index contributed by atoms with van der Waals surface area (Å²) in [4.78, 5) is 18.4. The van der Waals surface area contributed by atoms with E-state index in [1.54, 1.807) is 0 Å². The zero-order valence-corrected chi connectivity index (χ0v) is 21.5. The van der Waals surface area contributed by atoms with Crippen molar-refractivity contribution in [2.24, 2.45) is 0 Å². The Labute approximate surface area is 232 Å². The van der Waals surface area contributed by atoms with Crippen LogP contribution in [0.3, 0.4) is 0 Å². The van der Waals surface area contributed by atoms with Crippen LogP contribution in [0.4, 0.5) is 45.2 Å². The molecule has 2 heterocycles. The largest absolute Gasteiger partial charge is 0.573 e. The average Bonchev–Trinajstić information content (AvgIpc) is 3.17. The lowest BCUT2D eigenvalue weighted by Crippen LogP contribution is -2.41. The van der Waals surface area contributed by atoms with Crippen molar-refractivity contribution in [2.45, 2.75) is 44.3 Å². The summed E-state index contributed by atoms with van der Waals surface area (Å²) in [5, 5.41) is 2.85. The van der Waals surface area contributed by atoms with Crippen LogP contribution in [0.15, 0.2) is 78.5 Å². The highest BCUT2D eigenvalue weighted by atomic mass is 19.4. The summed E-state index contributed by atoms with van der Waals surface area (Å²) in [7, 11) is 0. The molecule has 0 radical (unpaired) electrons. The smallest absolute Gasteiger partial charge is 0.406 e. The third-order valence-electron chi connectivity index (χ3n) is 5.96. The van der Waals surface area contributed by atoms with Crippen molar-refractivity contribution in [1.82, 2.24) is 10.3 Å². The molecule has 224 valence electrons. The minimum Gasteiger partial charge on any atom is -0.406 e. The third kappa shape index (κ3) is 7.25. The number of halogens is 9. The molecule has 1 amide bonds. The van der Waals surface area contributed by atoms with Gasteiger partial charge in [-0.25, -0.2) is 4.98 Å². The van der Waals surface area contributed by atoms with Gasteiger partial charge in [-0.2, -0.15) is 13.2 Å². The third-order valence-corrected chi connectivity index (χ3v) is 5.96. The molecule has 2 aromatic carbocycles. The molecule has 4 rings (SSSR count). The number of nitrogens with one attached hydrogen (secondary N) is 1. The first-order valence-electron chi connectivity index (χ1n) is 11.9. The molecule has 15 heteroatoms. The van der Waals surface area contributed by atoms with Gasteiger partial charge in [0.1, 0.15) is 17.2 Å². The van der Waals surface area contributed by atoms with Gasteiger partial charge in [-0.3, -0.25) is 9.69 Å². The lowest BCUT2D eigenvalue weighted by Gasteiger charge is -2.29. The second-order valence-electron chi connectivity index (χ2n) is 9.52. The van der Waals surface area contributed by atoms with Crippen molar-refractivity contribution in [2.75, 3.05) is 4.90 Å². The van der Waals surface area contributed by atoms with E-state index in [-0.39, 0.29) is 22.6 Å². The number of carbonyl (C=O) groups is 1. The fraction of sp³-hybridized carbons (Fsp3) is 0.259. The van der Waals surface area contributed by atoms with Gasteiger partial charge < -0.3 is 14.8 Å². The predicted molar refractivity (Wildman–Crippen MR) is 130 cm³/mol. The second-order valence-corrected chi connectivity index (χ2v) is 9.52. The molecular formula is C27H20F9N3O3. The Morgan fingerprint density at radius 1 is 0.762 bits per heavy atom. The normalized spacial score (nSPS) is 16.4. The molecule has 1 atom stereocenters. The summed E-state index contributed by atoms with van der Waals surface area (Å²) >= 11 is 0. The molecule has 0 saturated carbocycles. The highest BCUT2D eigenvalue weighted by molar-refractivity contribution is 6.09. The topological polar surface area (TPSA) is 63.7 Å². The zero-order chi connectivity index (χ0) is 31.1. The van der Waals surface area contributed by atoms with Gasteiger partial charge in [-0.1, -0.05) is 18.2 Å². The first-order valence-corrected chi connectivity index (χ1v) is 11.9. The van der Waals surface area contributed by atoms with Crippen molar-refractivity contribution >= 4 is 11.6 Å².